The molecule has 0 radical (unpaired) electrons. The van der Waals surface area contributed by atoms with E-state index in [4.69, 9.17) is 0 Å². The Labute approximate surface area is 114 Å². The second kappa shape index (κ2) is 6.23. The number of rotatable bonds is 2. The van der Waals surface area contributed by atoms with Gasteiger partial charge in [-0.25, -0.2) is 4.39 Å². The van der Waals surface area contributed by atoms with E-state index in [0.717, 1.165) is 10.0 Å². The first kappa shape index (κ1) is 12.7. The smallest absolute Gasteiger partial charge is 0.146 e. The van der Waals surface area contributed by atoms with E-state index in [1.54, 1.807) is 12.1 Å². The van der Waals surface area contributed by atoms with E-state index in [1.807, 2.05) is 30.3 Å². The summed E-state index contributed by atoms with van der Waals surface area (Å²) in [5.74, 6) is 5.68. The lowest BCUT2D eigenvalue weighted by Crippen LogP contribution is -2.00. The first-order chi connectivity index (χ1) is 8.75. The third-order valence-electron chi connectivity index (χ3n) is 2.30. The molecular weight excluding hydrogens is 293 g/mol. The Morgan fingerprint density at radius 3 is 2.67 bits per heavy atom. The van der Waals surface area contributed by atoms with Crippen molar-refractivity contribution in [3.05, 3.63) is 64.4 Å². The predicted octanol–water partition coefficient (Wildman–Crippen LogP) is 4.05. The van der Waals surface area contributed by atoms with Gasteiger partial charge in [-0.3, -0.25) is 0 Å². The van der Waals surface area contributed by atoms with Gasteiger partial charge in [-0.05, 0) is 30.3 Å². The molecule has 18 heavy (non-hydrogen) atoms. The molecule has 2 rings (SSSR count). The van der Waals surface area contributed by atoms with Gasteiger partial charge in [0.2, 0.25) is 0 Å². The third kappa shape index (κ3) is 3.61. The van der Waals surface area contributed by atoms with Crippen LogP contribution in [0.15, 0.2) is 53.0 Å². The lowest BCUT2D eigenvalue weighted by Gasteiger charge is -2.03. The molecule has 0 aliphatic rings. The van der Waals surface area contributed by atoms with Gasteiger partial charge in [-0.15, -0.1) is 0 Å². The fraction of sp³-hybridized carbons (Fsp3) is 0.0667. The Bertz CT molecular complexity index is 584. The molecule has 0 aromatic heterocycles. The number of halogens is 2. The van der Waals surface area contributed by atoms with Gasteiger partial charge in [0.15, 0.2) is 0 Å². The Hall–Kier alpha value is -1.79. The molecule has 0 unspecified atom stereocenters. The quantitative estimate of drug-likeness (QED) is 0.825. The Morgan fingerprint density at radius 2 is 1.89 bits per heavy atom. The Balaban J connectivity index is 1.97. The molecule has 0 saturated carbocycles. The van der Waals surface area contributed by atoms with Gasteiger partial charge in [0, 0.05) is 10.0 Å². The van der Waals surface area contributed by atoms with Crippen LogP contribution in [0.2, 0.25) is 0 Å². The van der Waals surface area contributed by atoms with Crippen molar-refractivity contribution >= 4 is 21.6 Å². The highest BCUT2D eigenvalue weighted by atomic mass is 79.9. The van der Waals surface area contributed by atoms with Gasteiger partial charge in [-0.1, -0.05) is 46.0 Å². The molecule has 1 nitrogen and oxygen atoms in total. The van der Waals surface area contributed by atoms with E-state index in [9.17, 15) is 4.39 Å². The third-order valence-corrected chi connectivity index (χ3v) is 2.80. The van der Waals surface area contributed by atoms with Crippen molar-refractivity contribution in [3.8, 4) is 11.8 Å². The summed E-state index contributed by atoms with van der Waals surface area (Å²) in [4.78, 5) is 0. The topological polar surface area (TPSA) is 12.0 Å². The van der Waals surface area contributed by atoms with E-state index in [1.165, 1.54) is 6.07 Å². The van der Waals surface area contributed by atoms with Crippen molar-refractivity contribution < 1.29 is 4.39 Å². The fourth-order valence-electron chi connectivity index (χ4n) is 1.44. The zero-order valence-electron chi connectivity index (χ0n) is 9.58. The van der Waals surface area contributed by atoms with Crippen molar-refractivity contribution in [1.29, 1.82) is 0 Å². The van der Waals surface area contributed by atoms with Gasteiger partial charge < -0.3 is 5.32 Å². The zero-order chi connectivity index (χ0) is 12.8. The largest absolute Gasteiger partial charge is 0.372 e. The summed E-state index contributed by atoms with van der Waals surface area (Å²) in [6.45, 7) is 0.405. The van der Waals surface area contributed by atoms with Crippen molar-refractivity contribution in [2.45, 2.75) is 0 Å². The number of nitrogens with one attached hydrogen (secondary N) is 1. The summed E-state index contributed by atoms with van der Waals surface area (Å²) in [5, 5.41) is 2.95. The van der Waals surface area contributed by atoms with Crippen molar-refractivity contribution in [2.75, 3.05) is 11.9 Å². The maximum Gasteiger partial charge on any atom is 0.146 e. The molecular formula is C15H11BrFN. The molecule has 3 heteroatoms. The van der Waals surface area contributed by atoms with Crippen LogP contribution in [0.4, 0.5) is 10.1 Å². The summed E-state index contributed by atoms with van der Waals surface area (Å²) in [7, 11) is 0. The molecule has 0 fully saturated rings. The fourth-order valence-corrected chi connectivity index (χ4v) is 1.80. The van der Waals surface area contributed by atoms with Gasteiger partial charge in [0.05, 0.1) is 12.2 Å². The average molecular weight is 304 g/mol. The first-order valence-corrected chi connectivity index (χ1v) is 6.28. The minimum absolute atomic E-state index is 0.278. The van der Waals surface area contributed by atoms with Gasteiger partial charge in [0.1, 0.15) is 5.82 Å². The molecule has 0 saturated heterocycles. The van der Waals surface area contributed by atoms with Crippen LogP contribution < -0.4 is 5.32 Å². The summed E-state index contributed by atoms with van der Waals surface area (Å²) in [5.41, 5.74) is 1.40. The molecule has 0 amide bonds. The van der Waals surface area contributed by atoms with Gasteiger partial charge in [0.25, 0.3) is 0 Å². The van der Waals surface area contributed by atoms with E-state index in [-0.39, 0.29) is 5.82 Å². The maximum absolute atomic E-state index is 13.4. The maximum atomic E-state index is 13.4. The minimum atomic E-state index is -0.278. The highest BCUT2D eigenvalue weighted by molar-refractivity contribution is 9.10. The normalized spacial score (nSPS) is 9.44. The lowest BCUT2D eigenvalue weighted by atomic mass is 10.2. The summed E-state index contributed by atoms with van der Waals surface area (Å²) in [6.07, 6.45) is 0. The van der Waals surface area contributed by atoms with Crippen LogP contribution in [-0.2, 0) is 0 Å². The molecule has 0 atom stereocenters. The molecule has 0 aliphatic carbocycles. The highest BCUT2D eigenvalue weighted by Crippen LogP contribution is 2.19. The monoisotopic (exact) mass is 303 g/mol. The number of hydrogen-bond donors (Lipinski definition) is 1. The van der Waals surface area contributed by atoms with Crippen LogP contribution in [0.5, 0.6) is 0 Å². The SMILES string of the molecule is Fc1ccc(Br)cc1NCC#Cc1ccccc1. The molecule has 2 aromatic rings. The van der Waals surface area contributed by atoms with Crippen LogP contribution in [-0.4, -0.2) is 6.54 Å². The van der Waals surface area contributed by atoms with Crippen LogP contribution in [0.25, 0.3) is 0 Å². The van der Waals surface area contributed by atoms with Gasteiger partial charge >= 0.3 is 0 Å². The highest BCUT2D eigenvalue weighted by Gasteiger charge is 2.00. The van der Waals surface area contributed by atoms with Crippen molar-refractivity contribution in [2.24, 2.45) is 0 Å². The second-order valence-electron chi connectivity index (χ2n) is 3.65. The molecule has 0 aliphatic heterocycles. The van der Waals surface area contributed by atoms with Crippen LogP contribution in [0, 0.1) is 17.7 Å². The van der Waals surface area contributed by atoms with Gasteiger partial charge in [-0.2, -0.15) is 0 Å². The van der Waals surface area contributed by atoms with E-state index in [2.05, 4.69) is 33.1 Å². The average Bonchev–Trinajstić information content (AvgIpc) is 2.40. The number of hydrogen-bond acceptors (Lipinski definition) is 1. The van der Waals surface area contributed by atoms with Crippen LogP contribution in [0.3, 0.4) is 0 Å². The summed E-state index contributed by atoms with van der Waals surface area (Å²) in [6, 6.07) is 14.5. The predicted molar refractivity (Wildman–Crippen MR) is 75.9 cm³/mol. The van der Waals surface area contributed by atoms with E-state index in [0.29, 0.717) is 12.2 Å². The minimum Gasteiger partial charge on any atom is -0.372 e. The Morgan fingerprint density at radius 1 is 1.11 bits per heavy atom. The number of anilines is 1. The summed E-state index contributed by atoms with van der Waals surface area (Å²) < 4.78 is 14.2. The molecule has 1 N–H and O–H groups in total. The molecule has 0 bridgehead atoms. The van der Waals surface area contributed by atoms with E-state index < -0.39 is 0 Å². The zero-order valence-corrected chi connectivity index (χ0v) is 11.2. The lowest BCUT2D eigenvalue weighted by molar-refractivity contribution is 0.630. The molecule has 2 aromatic carbocycles. The first-order valence-electron chi connectivity index (χ1n) is 5.48. The standard InChI is InChI=1S/C15H11BrFN/c16-13-8-9-14(17)15(11-13)18-10-4-7-12-5-2-1-3-6-12/h1-3,5-6,8-9,11,18H,10H2. The van der Waals surface area contributed by atoms with E-state index >= 15 is 0 Å². The number of benzene rings is 2. The summed E-state index contributed by atoms with van der Waals surface area (Å²) >= 11 is 3.30. The van der Waals surface area contributed by atoms with Crippen LogP contribution in [0.1, 0.15) is 5.56 Å². The molecule has 0 spiro atoms. The van der Waals surface area contributed by atoms with Crippen LogP contribution >= 0.6 is 15.9 Å². The van der Waals surface area contributed by atoms with Crippen molar-refractivity contribution in [1.82, 2.24) is 0 Å². The molecule has 0 heterocycles. The van der Waals surface area contributed by atoms with Crippen molar-refractivity contribution in [3.63, 3.8) is 0 Å². The second-order valence-corrected chi connectivity index (χ2v) is 4.56. The Kier molecular flexibility index (Phi) is 4.38. The molecule has 90 valence electrons.